The summed E-state index contributed by atoms with van der Waals surface area (Å²) in [7, 11) is 3.71. The maximum Gasteiger partial charge on any atom is 0.303 e. The second-order valence-corrected chi connectivity index (χ2v) is 11.1. The molecule has 4 fully saturated rings. The number of methoxy groups -OCH3 is 1. The second-order valence-electron chi connectivity index (χ2n) is 11.1. The van der Waals surface area contributed by atoms with Crippen LogP contribution < -0.4 is 10.1 Å². The summed E-state index contributed by atoms with van der Waals surface area (Å²) in [6.07, 6.45) is 6.39. The van der Waals surface area contributed by atoms with Crippen molar-refractivity contribution in [3.05, 3.63) is 36.0 Å². The molecule has 1 saturated carbocycles. The minimum Gasteiger partial charge on any atom is -0.497 e. The first kappa shape index (κ1) is 24.8. The van der Waals surface area contributed by atoms with Gasteiger partial charge in [-0.25, -0.2) is 0 Å². The van der Waals surface area contributed by atoms with Gasteiger partial charge in [0.05, 0.1) is 19.2 Å². The molecule has 3 saturated heterocycles. The number of nitrogens with one attached hydrogen (secondary N) is 1. The van der Waals surface area contributed by atoms with Gasteiger partial charge < -0.3 is 15.2 Å². The molecule has 8 nitrogen and oxygen atoms in total. The molecule has 1 unspecified atom stereocenters. The van der Waals surface area contributed by atoms with Crippen molar-refractivity contribution in [2.24, 2.45) is 18.4 Å². The molecule has 0 radical (unpaired) electrons. The number of aromatic nitrogens is 2. The van der Waals surface area contributed by atoms with Crippen molar-refractivity contribution in [1.82, 2.24) is 20.0 Å². The highest BCUT2D eigenvalue weighted by molar-refractivity contribution is 5.78. The molecule has 0 spiro atoms. The van der Waals surface area contributed by atoms with E-state index in [1.165, 1.54) is 12.1 Å². The van der Waals surface area contributed by atoms with Crippen LogP contribution >= 0.6 is 0 Å². The maximum atomic E-state index is 12.8. The van der Waals surface area contributed by atoms with Crippen molar-refractivity contribution in [1.29, 1.82) is 0 Å². The number of fused-ring (bicyclic) bond motifs is 3. The molecule has 2 bridgehead atoms. The molecule has 8 heteroatoms. The van der Waals surface area contributed by atoms with Crippen LogP contribution in [0, 0.1) is 11.3 Å². The van der Waals surface area contributed by atoms with Gasteiger partial charge in [0.15, 0.2) is 0 Å². The molecule has 4 aliphatic rings. The summed E-state index contributed by atoms with van der Waals surface area (Å²) in [5.41, 5.74) is 2.99. The molecular weight excluding hydrogens is 456 g/mol. The van der Waals surface area contributed by atoms with Crippen LogP contribution in [0.5, 0.6) is 5.75 Å². The number of hydrogen-bond donors (Lipinski definition) is 2. The molecule has 194 valence electrons. The largest absolute Gasteiger partial charge is 0.497 e. The number of carboxylic acid groups (broad SMARTS) is 1. The number of aliphatic carboxylic acids is 1. The van der Waals surface area contributed by atoms with Crippen molar-refractivity contribution in [3.8, 4) is 17.0 Å². The summed E-state index contributed by atoms with van der Waals surface area (Å²) < 4.78 is 7.31. The van der Waals surface area contributed by atoms with Gasteiger partial charge >= 0.3 is 5.97 Å². The Labute approximate surface area is 213 Å². The van der Waals surface area contributed by atoms with Gasteiger partial charge in [0.1, 0.15) is 5.75 Å². The quantitative estimate of drug-likeness (QED) is 0.550. The third kappa shape index (κ3) is 5.14. The highest BCUT2D eigenvalue weighted by Crippen LogP contribution is 2.45. The Balaban J connectivity index is 1.19. The van der Waals surface area contributed by atoms with Crippen LogP contribution in [0.25, 0.3) is 11.3 Å². The first-order valence-electron chi connectivity index (χ1n) is 13.3. The number of carbonyl (C=O) groups excluding carboxylic acids is 1. The molecule has 36 heavy (non-hydrogen) atoms. The van der Waals surface area contributed by atoms with E-state index >= 15 is 0 Å². The molecule has 3 aliphatic heterocycles. The van der Waals surface area contributed by atoms with Crippen LogP contribution in [-0.4, -0.2) is 64.4 Å². The SMILES string of the molecule is COc1ccc(-c2cc([C@@H]3CN4CC[C@H]3C[C@@H]4CNC(=O)CC3(CC(=O)O)CCCC3)n(C)n2)cc1. The number of aryl methyl sites for hydroxylation is 1. The molecular formula is C28H38N4O4. The number of benzene rings is 1. The van der Waals surface area contributed by atoms with E-state index in [4.69, 9.17) is 9.84 Å². The average molecular weight is 495 g/mol. The van der Waals surface area contributed by atoms with Crippen LogP contribution in [-0.2, 0) is 16.6 Å². The molecule has 2 N–H and O–H groups in total. The Morgan fingerprint density at radius 2 is 1.94 bits per heavy atom. The number of carboxylic acids is 1. The van der Waals surface area contributed by atoms with Gasteiger partial charge in [0.25, 0.3) is 0 Å². The van der Waals surface area contributed by atoms with Crippen LogP contribution in [0.4, 0.5) is 0 Å². The molecule has 4 heterocycles. The van der Waals surface area contributed by atoms with Crippen molar-refractivity contribution in [2.45, 2.75) is 63.3 Å². The van der Waals surface area contributed by atoms with Crippen molar-refractivity contribution in [2.75, 3.05) is 26.7 Å². The Morgan fingerprint density at radius 3 is 2.58 bits per heavy atom. The van der Waals surface area contributed by atoms with E-state index in [-0.39, 0.29) is 17.7 Å². The smallest absolute Gasteiger partial charge is 0.303 e. The van der Waals surface area contributed by atoms with Gasteiger partial charge in [-0.2, -0.15) is 5.10 Å². The number of rotatable bonds is 9. The zero-order valence-corrected chi connectivity index (χ0v) is 21.4. The number of amides is 1. The first-order valence-corrected chi connectivity index (χ1v) is 13.3. The second kappa shape index (κ2) is 10.2. The molecule has 1 amide bonds. The van der Waals surface area contributed by atoms with Gasteiger partial charge in [-0.3, -0.25) is 19.2 Å². The van der Waals surface area contributed by atoms with Gasteiger partial charge in [0, 0.05) is 49.8 Å². The highest BCUT2D eigenvalue weighted by atomic mass is 16.5. The summed E-state index contributed by atoms with van der Waals surface area (Å²) in [5, 5.41) is 17.3. The molecule has 1 aromatic carbocycles. The number of ether oxygens (including phenoxy) is 1. The lowest BCUT2D eigenvalue weighted by molar-refractivity contribution is -0.140. The van der Waals surface area contributed by atoms with E-state index < -0.39 is 5.97 Å². The Morgan fingerprint density at radius 1 is 1.19 bits per heavy atom. The summed E-state index contributed by atoms with van der Waals surface area (Å²) in [6.45, 7) is 2.69. The number of carbonyl (C=O) groups is 2. The van der Waals surface area contributed by atoms with E-state index in [0.29, 0.717) is 30.8 Å². The van der Waals surface area contributed by atoms with Crippen molar-refractivity contribution < 1.29 is 19.4 Å². The Hall–Kier alpha value is -2.87. The standard InChI is InChI=1S/C28H38N4O4/c1-31-25(14-24(30-31)19-5-7-22(36-2)8-6-19)23-18-32-12-9-20(23)13-21(32)17-29-26(33)15-28(16-27(34)35)10-3-4-11-28/h5-8,14,20-21,23H,3-4,9-13,15-18H2,1-2H3,(H,29,33)(H,34,35)/t20-,21+,23+/m0/s1. The summed E-state index contributed by atoms with van der Waals surface area (Å²) in [6, 6.07) is 10.6. The van der Waals surface area contributed by atoms with E-state index in [2.05, 4.69) is 16.3 Å². The van der Waals surface area contributed by atoms with E-state index in [1.54, 1.807) is 7.11 Å². The Kier molecular flexibility index (Phi) is 7.06. The highest BCUT2D eigenvalue weighted by Gasteiger charge is 2.42. The van der Waals surface area contributed by atoms with E-state index in [1.807, 2.05) is 36.0 Å². The number of hydrogen-bond acceptors (Lipinski definition) is 5. The molecule has 4 atom stereocenters. The molecule has 6 rings (SSSR count). The minimum atomic E-state index is -0.795. The minimum absolute atomic E-state index is 0.00751. The molecule has 2 aromatic rings. The van der Waals surface area contributed by atoms with Crippen LogP contribution in [0.2, 0.25) is 0 Å². The fourth-order valence-corrected chi connectivity index (χ4v) is 6.91. The fraction of sp³-hybridized carbons (Fsp3) is 0.607. The lowest BCUT2D eigenvalue weighted by atomic mass is 9.74. The van der Waals surface area contributed by atoms with Crippen LogP contribution in [0.3, 0.4) is 0 Å². The summed E-state index contributed by atoms with van der Waals surface area (Å²) >= 11 is 0. The normalized spacial score (nSPS) is 26.6. The third-order valence-electron chi connectivity index (χ3n) is 8.82. The van der Waals surface area contributed by atoms with Crippen LogP contribution in [0.15, 0.2) is 30.3 Å². The zero-order valence-electron chi connectivity index (χ0n) is 21.4. The van der Waals surface area contributed by atoms with E-state index in [9.17, 15) is 14.7 Å². The number of nitrogens with zero attached hydrogens (tertiary/aromatic N) is 3. The first-order chi connectivity index (χ1) is 17.4. The average Bonchev–Trinajstić information content (AvgIpc) is 3.49. The lowest BCUT2D eigenvalue weighted by Crippen LogP contribution is -2.56. The van der Waals surface area contributed by atoms with Gasteiger partial charge in [-0.15, -0.1) is 0 Å². The predicted octanol–water partition coefficient (Wildman–Crippen LogP) is 3.81. The van der Waals surface area contributed by atoms with Crippen molar-refractivity contribution in [3.63, 3.8) is 0 Å². The van der Waals surface area contributed by atoms with Crippen molar-refractivity contribution >= 4 is 11.9 Å². The monoisotopic (exact) mass is 494 g/mol. The molecule has 1 aromatic heterocycles. The van der Waals surface area contributed by atoms with E-state index in [0.717, 1.165) is 62.2 Å². The topological polar surface area (TPSA) is 96.7 Å². The maximum absolute atomic E-state index is 12.8. The summed E-state index contributed by atoms with van der Waals surface area (Å²) in [5.74, 6) is 1.06. The van der Waals surface area contributed by atoms with Gasteiger partial charge in [0.2, 0.25) is 5.91 Å². The lowest BCUT2D eigenvalue weighted by Gasteiger charge is -2.50. The fourth-order valence-electron chi connectivity index (χ4n) is 6.91. The van der Waals surface area contributed by atoms with Crippen LogP contribution in [0.1, 0.15) is 63.0 Å². The molecule has 1 aliphatic carbocycles. The summed E-state index contributed by atoms with van der Waals surface area (Å²) in [4.78, 5) is 26.7. The predicted molar refractivity (Wildman–Crippen MR) is 137 cm³/mol. The number of piperidine rings is 3. The van der Waals surface area contributed by atoms with Gasteiger partial charge in [-0.05, 0) is 73.9 Å². The van der Waals surface area contributed by atoms with Gasteiger partial charge in [-0.1, -0.05) is 12.8 Å². The zero-order chi connectivity index (χ0) is 25.3. The Bertz CT molecular complexity index is 1090. The third-order valence-corrected chi connectivity index (χ3v) is 8.82.